The lowest BCUT2D eigenvalue weighted by Crippen LogP contribution is -2.63. The average Bonchev–Trinajstić information content (AvgIpc) is 2.61. The molecule has 2 saturated heterocycles. The van der Waals surface area contributed by atoms with Crippen LogP contribution in [0.1, 0.15) is 28.2 Å². The van der Waals surface area contributed by atoms with E-state index in [1.807, 2.05) is 6.92 Å². The number of nitrogens with two attached hydrogens (primary N) is 1. The molecule has 0 bridgehead atoms. The maximum Gasteiger partial charge on any atom is 0.176 e. The van der Waals surface area contributed by atoms with Gasteiger partial charge in [0, 0.05) is 18.4 Å². The van der Waals surface area contributed by atoms with Crippen LogP contribution in [0.5, 0.6) is 0 Å². The van der Waals surface area contributed by atoms with Crippen molar-refractivity contribution in [3.05, 3.63) is 0 Å². The van der Waals surface area contributed by atoms with E-state index >= 15 is 0 Å². The largest absolute Gasteiger partial charge is 0.394 e. The predicted molar refractivity (Wildman–Crippen MR) is 93.0 cm³/mol. The highest BCUT2D eigenvalue weighted by molar-refractivity contribution is 4.93. The highest BCUT2D eigenvalue weighted by Crippen LogP contribution is 2.32. The fraction of sp³-hybridized carbons (Fsp3) is 1.00. The highest BCUT2D eigenvalue weighted by atomic mass is 16.7. The van der Waals surface area contributed by atoms with E-state index in [2.05, 4.69) is 0 Å². The van der Waals surface area contributed by atoms with Crippen molar-refractivity contribution in [1.82, 2.24) is 0 Å². The van der Waals surface area contributed by atoms with Crippen LogP contribution in [0.2, 0.25) is 0 Å². The smallest absolute Gasteiger partial charge is 0.176 e. The van der Waals surface area contributed by atoms with Crippen molar-refractivity contribution in [2.24, 2.45) is 17.6 Å². The Balaban J connectivity index is 0.00000338. The highest BCUT2D eigenvalue weighted by Gasteiger charge is 2.48. The van der Waals surface area contributed by atoms with E-state index in [1.54, 1.807) is 13.8 Å². The normalized spacial score (nSPS) is 46.6. The monoisotopic (exact) mass is 381 g/mol. The SMILES string of the molecule is C.CCO[C@H]1OC(CO)[C@@H](O[C@@H]2OC(CO)[C@H](C)[C@H](O)C2N)C(O)[C@H]1C. The number of rotatable bonds is 6. The van der Waals surface area contributed by atoms with Crippen molar-refractivity contribution in [2.45, 2.75) is 77.3 Å². The van der Waals surface area contributed by atoms with Crippen molar-refractivity contribution in [1.29, 1.82) is 0 Å². The van der Waals surface area contributed by atoms with Gasteiger partial charge in [0.2, 0.25) is 0 Å². The topological polar surface area (TPSA) is 144 Å². The zero-order valence-electron chi connectivity index (χ0n) is 14.9. The van der Waals surface area contributed by atoms with Gasteiger partial charge < -0.3 is 45.1 Å². The number of ether oxygens (including phenoxy) is 4. The van der Waals surface area contributed by atoms with Crippen molar-refractivity contribution < 1.29 is 39.4 Å². The molecule has 0 saturated carbocycles. The molecule has 9 heteroatoms. The Hall–Kier alpha value is -0.360. The van der Waals surface area contributed by atoms with Crippen molar-refractivity contribution >= 4 is 0 Å². The lowest BCUT2D eigenvalue weighted by atomic mass is 9.89. The summed E-state index contributed by atoms with van der Waals surface area (Å²) in [7, 11) is 0. The molecule has 2 heterocycles. The van der Waals surface area contributed by atoms with Crippen LogP contribution in [0.25, 0.3) is 0 Å². The van der Waals surface area contributed by atoms with E-state index in [-0.39, 0.29) is 26.6 Å². The number of hydrogen-bond donors (Lipinski definition) is 5. The third-order valence-corrected chi connectivity index (χ3v) is 5.10. The Bertz CT molecular complexity index is 410. The second kappa shape index (κ2) is 10.3. The molecular weight excluding hydrogens is 346 g/mol. The maximum absolute atomic E-state index is 10.6. The van der Waals surface area contributed by atoms with Gasteiger partial charge in [0.1, 0.15) is 12.2 Å². The van der Waals surface area contributed by atoms with Crippen LogP contribution < -0.4 is 5.73 Å². The van der Waals surface area contributed by atoms with Crippen molar-refractivity contribution in [3.8, 4) is 0 Å². The average molecular weight is 381 g/mol. The van der Waals surface area contributed by atoms with E-state index in [0.29, 0.717) is 6.61 Å². The summed E-state index contributed by atoms with van der Waals surface area (Å²) < 4.78 is 22.6. The maximum atomic E-state index is 10.6. The molecule has 156 valence electrons. The van der Waals surface area contributed by atoms with Crippen LogP contribution in [0, 0.1) is 11.8 Å². The molecule has 0 aliphatic carbocycles. The van der Waals surface area contributed by atoms with Gasteiger partial charge in [0.25, 0.3) is 0 Å². The van der Waals surface area contributed by atoms with E-state index in [0.717, 1.165) is 0 Å². The number of hydrogen-bond acceptors (Lipinski definition) is 9. The first-order chi connectivity index (χ1) is 11.8. The van der Waals surface area contributed by atoms with Crippen LogP contribution in [0.4, 0.5) is 0 Å². The molecule has 0 aromatic rings. The van der Waals surface area contributed by atoms with Gasteiger partial charge in [-0.25, -0.2) is 0 Å². The van der Waals surface area contributed by atoms with Crippen LogP contribution in [-0.4, -0.2) is 89.4 Å². The second-order valence-electron chi connectivity index (χ2n) is 6.78. The summed E-state index contributed by atoms with van der Waals surface area (Å²) >= 11 is 0. The van der Waals surface area contributed by atoms with Gasteiger partial charge in [-0.1, -0.05) is 21.3 Å². The van der Waals surface area contributed by atoms with Crippen molar-refractivity contribution in [3.63, 3.8) is 0 Å². The molecule has 0 aromatic heterocycles. The molecule has 0 aromatic carbocycles. The molecule has 2 rings (SSSR count). The Morgan fingerprint density at radius 2 is 1.50 bits per heavy atom. The molecule has 2 fully saturated rings. The summed E-state index contributed by atoms with van der Waals surface area (Å²) in [5.74, 6) is -0.757. The summed E-state index contributed by atoms with van der Waals surface area (Å²) in [6, 6.07) is -0.857. The zero-order chi connectivity index (χ0) is 18.7. The van der Waals surface area contributed by atoms with E-state index in [1.165, 1.54) is 0 Å². The molecule has 6 N–H and O–H groups in total. The summed E-state index contributed by atoms with van der Waals surface area (Å²) in [6.45, 7) is 5.02. The van der Waals surface area contributed by atoms with Crippen LogP contribution in [0.3, 0.4) is 0 Å². The van der Waals surface area contributed by atoms with Crippen LogP contribution >= 0.6 is 0 Å². The van der Waals surface area contributed by atoms with Gasteiger partial charge in [-0.05, 0) is 6.92 Å². The first kappa shape index (κ1) is 23.7. The first-order valence-corrected chi connectivity index (χ1v) is 8.77. The molecule has 0 spiro atoms. The molecule has 4 unspecified atom stereocenters. The quantitative estimate of drug-likeness (QED) is 0.383. The third kappa shape index (κ3) is 4.73. The third-order valence-electron chi connectivity index (χ3n) is 5.10. The van der Waals surface area contributed by atoms with E-state index < -0.39 is 55.1 Å². The molecule has 9 nitrogen and oxygen atoms in total. The van der Waals surface area contributed by atoms with Crippen molar-refractivity contribution in [2.75, 3.05) is 19.8 Å². The molecule has 26 heavy (non-hydrogen) atoms. The summed E-state index contributed by atoms with van der Waals surface area (Å²) in [5.41, 5.74) is 6.00. The predicted octanol–water partition coefficient (Wildman–Crippen LogP) is -1.20. The summed E-state index contributed by atoms with van der Waals surface area (Å²) in [6.07, 6.45) is -6.00. The summed E-state index contributed by atoms with van der Waals surface area (Å²) in [4.78, 5) is 0. The minimum atomic E-state index is -1.04. The molecule has 2 aliphatic rings. The Kier molecular flexibility index (Phi) is 9.34. The standard InChI is InChI=1S/C16H31NO8.CH4/c1-4-22-15-8(3)13(21)14(10(6-19)24-15)25-16-11(17)12(20)7(2)9(5-18)23-16;/h7-16,18-21H,4-6,17H2,1-3H3;1H4/t7-,8+,9?,10?,11?,12-,13?,14+,15-,16-;/m0./s1. The number of aliphatic hydroxyl groups excluding tert-OH is 4. The molecule has 2 aliphatic heterocycles. The Morgan fingerprint density at radius 1 is 0.923 bits per heavy atom. The van der Waals surface area contributed by atoms with Gasteiger partial charge in [0.15, 0.2) is 12.6 Å². The van der Waals surface area contributed by atoms with Crippen LogP contribution in [-0.2, 0) is 18.9 Å². The Labute approximate surface area is 155 Å². The van der Waals surface area contributed by atoms with E-state index in [9.17, 15) is 20.4 Å². The fourth-order valence-electron chi connectivity index (χ4n) is 3.33. The molecule has 0 amide bonds. The number of aliphatic hydroxyl groups is 4. The minimum absolute atomic E-state index is 0. The van der Waals surface area contributed by atoms with Gasteiger partial charge in [-0.3, -0.25) is 0 Å². The summed E-state index contributed by atoms with van der Waals surface area (Å²) in [5, 5.41) is 39.8. The molecule has 0 radical (unpaired) electrons. The fourth-order valence-corrected chi connectivity index (χ4v) is 3.33. The first-order valence-electron chi connectivity index (χ1n) is 8.77. The molecular formula is C17H35NO8. The van der Waals surface area contributed by atoms with Gasteiger partial charge in [-0.2, -0.15) is 0 Å². The lowest BCUT2D eigenvalue weighted by Gasteiger charge is -2.47. The molecule has 10 atom stereocenters. The van der Waals surface area contributed by atoms with Gasteiger partial charge >= 0.3 is 0 Å². The van der Waals surface area contributed by atoms with E-state index in [4.69, 9.17) is 24.7 Å². The van der Waals surface area contributed by atoms with Gasteiger partial charge in [-0.15, -0.1) is 0 Å². The Morgan fingerprint density at radius 3 is 2.04 bits per heavy atom. The minimum Gasteiger partial charge on any atom is -0.394 e. The lowest BCUT2D eigenvalue weighted by molar-refractivity contribution is -0.332. The van der Waals surface area contributed by atoms with Crippen LogP contribution in [0.15, 0.2) is 0 Å². The zero-order valence-corrected chi connectivity index (χ0v) is 14.9. The van der Waals surface area contributed by atoms with Gasteiger partial charge in [0.05, 0.1) is 37.6 Å². The second-order valence-corrected chi connectivity index (χ2v) is 6.78.